The number of amides is 1. The van der Waals surface area contributed by atoms with Crippen LogP contribution >= 0.6 is 0 Å². The molecule has 1 aliphatic heterocycles. The van der Waals surface area contributed by atoms with Gasteiger partial charge in [0.2, 0.25) is 0 Å². The molecule has 1 aliphatic rings. The molecule has 1 atom stereocenters. The summed E-state index contributed by atoms with van der Waals surface area (Å²) in [5.41, 5.74) is 0. The summed E-state index contributed by atoms with van der Waals surface area (Å²) < 4.78 is 0. The third kappa shape index (κ3) is 0.598. The largest absolute Gasteiger partial charge is 0.295 e. The Labute approximate surface area is 48.0 Å². The first-order valence-corrected chi connectivity index (χ1v) is 2.45. The fourth-order valence-corrected chi connectivity index (χ4v) is 0.558. The lowest BCUT2D eigenvalue weighted by molar-refractivity contribution is -0.125. The van der Waals surface area contributed by atoms with Crippen LogP contribution in [0.4, 0.5) is 0 Å². The normalized spacial score (nSPS) is 27.5. The summed E-state index contributed by atoms with van der Waals surface area (Å²) in [7, 11) is 1.65. The first-order valence-electron chi connectivity index (χ1n) is 2.45. The average molecular weight is 111 g/mol. The van der Waals surface area contributed by atoms with Gasteiger partial charge in [0.25, 0.3) is 5.91 Å². The molecule has 1 rings (SSSR count). The highest BCUT2D eigenvalue weighted by molar-refractivity contribution is 5.95. The van der Waals surface area contributed by atoms with Crippen LogP contribution in [0.3, 0.4) is 0 Å². The molecule has 0 fully saturated rings. The van der Waals surface area contributed by atoms with Crippen molar-refractivity contribution in [2.24, 2.45) is 4.99 Å². The molecule has 3 nitrogen and oxygen atoms in total. The fraction of sp³-hybridized carbons (Fsp3) is 0.600. The number of nitrogens with zero attached hydrogens (tertiary/aromatic N) is 2. The van der Waals surface area contributed by atoms with Gasteiger partial charge in [0, 0.05) is 7.05 Å². The molecule has 0 aromatic carbocycles. The number of hydrogen-bond acceptors (Lipinski definition) is 2. The van der Waals surface area contributed by atoms with Gasteiger partial charge in [0.05, 0.1) is 0 Å². The van der Waals surface area contributed by atoms with Gasteiger partial charge >= 0.3 is 0 Å². The fourth-order valence-electron chi connectivity index (χ4n) is 0.558. The molecule has 0 aromatic heterocycles. The van der Waals surface area contributed by atoms with Gasteiger partial charge in [-0.3, -0.25) is 14.7 Å². The Balaban J connectivity index is 2.70. The Morgan fingerprint density at radius 2 is 2.50 bits per heavy atom. The van der Waals surface area contributed by atoms with Crippen LogP contribution in [0.2, 0.25) is 0 Å². The summed E-state index contributed by atoms with van der Waals surface area (Å²) in [6.45, 7) is 1.75. The molecule has 1 radical (unpaired) electrons. The zero-order valence-corrected chi connectivity index (χ0v) is 4.88. The molecule has 0 aromatic rings. The van der Waals surface area contributed by atoms with Crippen LogP contribution in [0.1, 0.15) is 6.92 Å². The van der Waals surface area contributed by atoms with Crippen LogP contribution < -0.4 is 0 Å². The summed E-state index contributed by atoms with van der Waals surface area (Å²) in [5, 5.41) is 0. The van der Waals surface area contributed by atoms with E-state index in [2.05, 4.69) is 11.3 Å². The number of carbonyl (C=O) groups is 1. The van der Waals surface area contributed by atoms with Gasteiger partial charge in [0.15, 0.2) is 6.34 Å². The number of rotatable bonds is 0. The smallest absolute Gasteiger partial charge is 0.252 e. The van der Waals surface area contributed by atoms with Crippen molar-refractivity contribution in [1.29, 1.82) is 0 Å². The minimum atomic E-state index is -0.208. The van der Waals surface area contributed by atoms with Gasteiger partial charge in [-0.25, -0.2) is 0 Å². The van der Waals surface area contributed by atoms with Gasteiger partial charge < -0.3 is 0 Å². The lowest BCUT2D eigenvalue weighted by atomic mass is 10.3. The lowest BCUT2D eigenvalue weighted by Gasteiger charge is -2.01. The molecular weight excluding hydrogens is 104 g/mol. The second kappa shape index (κ2) is 1.58. The molecule has 1 unspecified atom stereocenters. The summed E-state index contributed by atoms with van der Waals surface area (Å²) in [6, 6.07) is -0.208. The highest BCUT2D eigenvalue weighted by Gasteiger charge is 2.20. The second-order valence-corrected chi connectivity index (χ2v) is 1.80. The van der Waals surface area contributed by atoms with Crippen LogP contribution in [0.15, 0.2) is 4.99 Å². The van der Waals surface area contributed by atoms with E-state index in [0.29, 0.717) is 0 Å². The summed E-state index contributed by atoms with van der Waals surface area (Å²) in [6.07, 6.45) is 2.53. The predicted molar refractivity (Wildman–Crippen MR) is 29.7 cm³/mol. The van der Waals surface area contributed by atoms with Crippen molar-refractivity contribution >= 4 is 12.2 Å². The van der Waals surface area contributed by atoms with Crippen molar-refractivity contribution in [1.82, 2.24) is 4.90 Å². The van der Waals surface area contributed by atoms with Crippen LogP contribution in [0.5, 0.6) is 0 Å². The van der Waals surface area contributed by atoms with Gasteiger partial charge in [-0.2, -0.15) is 0 Å². The zero-order chi connectivity index (χ0) is 6.15. The summed E-state index contributed by atoms with van der Waals surface area (Å²) in [4.78, 5) is 15.8. The Bertz CT molecular complexity index is 127. The molecule has 43 valence electrons. The number of aliphatic imine (C=N–C) groups is 1. The molecular formula is C5H7N2O. The zero-order valence-electron chi connectivity index (χ0n) is 4.88. The van der Waals surface area contributed by atoms with Crippen LogP contribution in [-0.2, 0) is 4.79 Å². The number of hydrogen-bond donors (Lipinski definition) is 0. The first-order chi connectivity index (χ1) is 3.72. The molecule has 8 heavy (non-hydrogen) atoms. The quantitative estimate of drug-likeness (QED) is 0.424. The monoisotopic (exact) mass is 111 g/mol. The van der Waals surface area contributed by atoms with E-state index in [9.17, 15) is 4.79 Å². The second-order valence-electron chi connectivity index (χ2n) is 1.80. The van der Waals surface area contributed by atoms with Crippen molar-refractivity contribution in [3.05, 3.63) is 0 Å². The van der Waals surface area contributed by atoms with Crippen molar-refractivity contribution < 1.29 is 4.79 Å². The standard InChI is InChI=1S/C5H7N2O/c1-4-5(8)7(2)3-6-4/h4H,1-2H3. The van der Waals surface area contributed by atoms with Crippen molar-refractivity contribution in [2.75, 3.05) is 7.05 Å². The minimum Gasteiger partial charge on any atom is -0.295 e. The molecule has 1 heterocycles. The highest BCUT2D eigenvalue weighted by atomic mass is 16.2. The van der Waals surface area contributed by atoms with Crippen molar-refractivity contribution in [3.63, 3.8) is 0 Å². The molecule has 0 bridgehead atoms. The van der Waals surface area contributed by atoms with Gasteiger partial charge in [-0.1, -0.05) is 0 Å². The van der Waals surface area contributed by atoms with E-state index in [-0.39, 0.29) is 11.9 Å². The van der Waals surface area contributed by atoms with E-state index in [1.165, 1.54) is 4.90 Å². The van der Waals surface area contributed by atoms with Crippen molar-refractivity contribution in [3.8, 4) is 0 Å². The predicted octanol–water partition coefficient (Wildman–Crippen LogP) is -0.248. The summed E-state index contributed by atoms with van der Waals surface area (Å²) >= 11 is 0. The van der Waals surface area contributed by atoms with Crippen LogP contribution in [-0.4, -0.2) is 30.2 Å². The van der Waals surface area contributed by atoms with Gasteiger partial charge in [0.1, 0.15) is 6.04 Å². The molecule has 0 saturated carbocycles. The van der Waals surface area contributed by atoms with E-state index in [1.54, 1.807) is 14.0 Å². The van der Waals surface area contributed by atoms with E-state index < -0.39 is 0 Å². The van der Waals surface area contributed by atoms with Crippen LogP contribution in [0.25, 0.3) is 0 Å². The van der Waals surface area contributed by atoms with Gasteiger partial charge in [-0.15, -0.1) is 0 Å². The van der Waals surface area contributed by atoms with E-state index in [1.807, 2.05) is 0 Å². The average Bonchev–Trinajstić information content (AvgIpc) is 1.98. The topological polar surface area (TPSA) is 32.7 Å². The SMILES string of the molecule is CC1N=[C]N(C)C1=O. The molecule has 0 spiro atoms. The van der Waals surface area contributed by atoms with E-state index >= 15 is 0 Å². The Morgan fingerprint density at radius 1 is 1.88 bits per heavy atom. The molecule has 0 aliphatic carbocycles. The maximum absolute atomic E-state index is 10.7. The van der Waals surface area contributed by atoms with Crippen LogP contribution in [0, 0.1) is 0 Å². The molecule has 1 amide bonds. The minimum absolute atomic E-state index is 0.0185. The van der Waals surface area contributed by atoms with E-state index in [0.717, 1.165) is 0 Å². The summed E-state index contributed by atoms with van der Waals surface area (Å²) in [5.74, 6) is 0.0185. The third-order valence-corrected chi connectivity index (χ3v) is 1.09. The highest BCUT2D eigenvalue weighted by Crippen LogP contribution is 2.00. The molecule has 0 N–H and O–H groups in total. The van der Waals surface area contributed by atoms with Crippen molar-refractivity contribution in [2.45, 2.75) is 13.0 Å². The molecule has 3 heteroatoms. The molecule has 0 saturated heterocycles. The Hall–Kier alpha value is -0.860. The first kappa shape index (κ1) is 5.28. The lowest BCUT2D eigenvalue weighted by Crippen LogP contribution is -2.25. The Morgan fingerprint density at radius 3 is 2.62 bits per heavy atom. The third-order valence-electron chi connectivity index (χ3n) is 1.09. The number of likely N-dealkylation sites (N-methyl/N-ethyl adjacent to an activating group) is 1. The maximum atomic E-state index is 10.7. The maximum Gasteiger partial charge on any atom is 0.252 e. The number of carbonyl (C=O) groups excluding carboxylic acids is 1. The van der Waals surface area contributed by atoms with Gasteiger partial charge in [-0.05, 0) is 6.92 Å². The van der Waals surface area contributed by atoms with E-state index in [4.69, 9.17) is 0 Å². The Kier molecular flexibility index (Phi) is 1.04.